The maximum Gasteiger partial charge on any atom is 0.318 e. The first kappa shape index (κ1) is 10.7. The van der Waals surface area contributed by atoms with E-state index >= 15 is 0 Å². The fraction of sp³-hybridized carbons (Fsp3) is 0.364. The molecule has 3 heteroatoms. The molecule has 3 nitrogen and oxygen atoms in total. The van der Waals surface area contributed by atoms with Gasteiger partial charge in [0.15, 0.2) is 0 Å². The zero-order valence-corrected chi connectivity index (χ0v) is 8.36. The topological polar surface area (TPSA) is 46.5 Å². The molecule has 76 valence electrons. The fourth-order valence-corrected chi connectivity index (χ4v) is 1.30. The first-order valence-electron chi connectivity index (χ1n) is 4.40. The molecule has 14 heavy (non-hydrogen) atoms. The molecule has 0 aliphatic carbocycles. The van der Waals surface area contributed by atoms with Gasteiger partial charge in [-0.25, -0.2) is 0 Å². The Morgan fingerprint density at radius 1 is 1.43 bits per heavy atom. The number of methoxy groups -OCH3 is 1. The highest BCUT2D eigenvalue weighted by Gasteiger charge is 2.35. The highest BCUT2D eigenvalue weighted by atomic mass is 16.5. The molecule has 1 aromatic rings. The minimum Gasteiger partial charge on any atom is -0.468 e. The summed E-state index contributed by atoms with van der Waals surface area (Å²) >= 11 is 0. The van der Waals surface area contributed by atoms with Crippen LogP contribution >= 0.6 is 0 Å². The minimum absolute atomic E-state index is 0.260. The van der Waals surface area contributed by atoms with Crippen LogP contribution in [0, 0.1) is 0 Å². The molecule has 1 rings (SSSR count). The molecular weight excluding hydrogens is 180 g/mol. The Kier molecular flexibility index (Phi) is 3.25. The van der Waals surface area contributed by atoms with E-state index in [1.165, 1.54) is 7.11 Å². The number of benzene rings is 1. The van der Waals surface area contributed by atoms with E-state index < -0.39 is 11.4 Å². The molecule has 0 saturated heterocycles. The number of carbonyl (C=O) groups excluding carboxylic acids is 1. The molecule has 0 fully saturated rings. The summed E-state index contributed by atoms with van der Waals surface area (Å²) in [5, 5.41) is 9.24. The highest BCUT2D eigenvalue weighted by Crippen LogP contribution is 2.24. The number of esters is 1. The normalized spacial score (nSPS) is 14.5. The van der Waals surface area contributed by atoms with Gasteiger partial charge in [0.05, 0.1) is 13.7 Å². The quantitative estimate of drug-likeness (QED) is 0.733. The summed E-state index contributed by atoms with van der Waals surface area (Å²) in [5.41, 5.74) is -0.204. The lowest BCUT2D eigenvalue weighted by Gasteiger charge is -2.24. The van der Waals surface area contributed by atoms with Crippen LogP contribution in [0.1, 0.15) is 12.5 Å². The summed E-state index contributed by atoms with van der Waals surface area (Å²) < 4.78 is 4.66. The third-order valence-electron chi connectivity index (χ3n) is 2.36. The maximum atomic E-state index is 11.5. The van der Waals surface area contributed by atoms with Crippen molar-refractivity contribution in [3.63, 3.8) is 0 Å². The van der Waals surface area contributed by atoms with Crippen molar-refractivity contribution in [2.45, 2.75) is 12.3 Å². The van der Waals surface area contributed by atoms with Gasteiger partial charge in [0.2, 0.25) is 0 Å². The van der Waals surface area contributed by atoms with Crippen LogP contribution in [0.4, 0.5) is 0 Å². The SMILES string of the molecule is COC(=O)C(C)(CO)c1ccccc1. The molecule has 1 aromatic carbocycles. The van der Waals surface area contributed by atoms with Crippen molar-refractivity contribution in [3.8, 4) is 0 Å². The summed E-state index contributed by atoms with van der Waals surface area (Å²) in [6.07, 6.45) is 0. The Labute approximate surface area is 83.3 Å². The van der Waals surface area contributed by atoms with Gasteiger partial charge in [-0.2, -0.15) is 0 Å². The van der Waals surface area contributed by atoms with Crippen LogP contribution in [0.5, 0.6) is 0 Å². The van der Waals surface area contributed by atoms with Gasteiger partial charge in [-0.1, -0.05) is 30.3 Å². The molecule has 0 aliphatic rings. The van der Waals surface area contributed by atoms with E-state index in [2.05, 4.69) is 4.74 Å². The largest absolute Gasteiger partial charge is 0.468 e. The van der Waals surface area contributed by atoms with E-state index in [0.717, 1.165) is 5.56 Å². The van der Waals surface area contributed by atoms with Crippen LogP contribution in [-0.4, -0.2) is 24.8 Å². The van der Waals surface area contributed by atoms with Gasteiger partial charge in [0.1, 0.15) is 5.41 Å². The van der Waals surface area contributed by atoms with Crippen LogP contribution in [0.15, 0.2) is 30.3 Å². The second kappa shape index (κ2) is 4.24. The zero-order chi connectivity index (χ0) is 10.6. The van der Waals surface area contributed by atoms with E-state index in [1.807, 2.05) is 18.2 Å². The predicted octanol–water partition coefficient (Wildman–Crippen LogP) is 1.11. The smallest absolute Gasteiger partial charge is 0.318 e. The van der Waals surface area contributed by atoms with E-state index in [9.17, 15) is 9.90 Å². The summed E-state index contributed by atoms with van der Waals surface area (Å²) in [5.74, 6) is -0.425. The lowest BCUT2D eigenvalue weighted by atomic mass is 9.83. The molecule has 0 bridgehead atoms. The van der Waals surface area contributed by atoms with Crippen molar-refractivity contribution in [1.29, 1.82) is 0 Å². The van der Waals surface area contributed by atoms with Crippen LogP contribution in [0.25, 0.3) is 0 Å². The molecule has 1 atom stereocenters. The standard InChI is InChI=1S/C11H14O3/c1-11(8-12,10(13)14-2)9-6-4-3-5-7-9/h3-7,12H,8H2,1-2H3. The molecule has 0 saturated carbocycles. The van der Waals surface area contributed by atoms with Crippen LogP contribution in [0.2, 0.25) is 0 Å². The van der Waals surface area contributed by atoms with Gasteiger partial charge >= 0.3 is 5.97 Å². The summed E-state index contributed by atoms with van der Waals surface area (Å²) in [6, 6.07) is 9.11. The number of hydrogen-bond donors (Lipinski definition) is 1. The molecule has 0 aliphatic heterocycles. The lowest BCUT2D eigenvalue weighted by Crippen LogP contribution is -2.37. The van der Waals surface area contributed by atoms with Crippen molar-refractivity contribution in [2.24, 2.45) is 0 Å². The van der Waals surface area contributed by atoms with Gasteiger partial charge in [-0.15, -0.1) is 0 Å². The Morgan fingerprint density at radius 3 is 2.43 bits per heavy atom. The summed E-state index contributed by atoms with van der Waals surface area (Å²) in [7, 11) is 1.32. The Morgan fingerprint density at radius 2 is 2.00 bits per heavy atom. The summed E-state index contributed by atoms with van der Waals surface area (Å²) in [6.45, 7) is 1.40. The van der Waals surface area contributed by atoms with E-state index in [4.69, 9.17) is 0 Å². The van der Waals surface area contributed by atoms with Crippen LogP contribution in [-0.2, 0) is 14.9 Å². The molecule has 0 radical (unpaired) electrons. The molecular formula is C11H14O3. The Bertz CT molecular complexity index is 308. The molecule has 0 spiro atoms. The zero-order valence-electron chi connectivity index (χ0n) is 8.36. The first-order chi connectivity index (χ1) is 6.65. The molecule has 0 amide bonds. The number of carbonyl (C=O) groups is 1. The molecule has 1 N–H and O–H groups in total. The van der Waals surface area contributed by atoms with Crippen molar-refractivity contribution < 1.29 is 14.6 Å². The third-order valence-corrected chi connectivity index (χ3v) is 2.36. The van der Waals surface area contributed by atoms with E-state index in [-0.39, 0.29) is 6.61 Å². The van der Waals surface area contributed by atoms with Gasteiger partial charge < -0.3 is 9.84 Å². The van der Waals surface area contributed by atoms with Crippen molar-refractivity contribution in [2.75, 3.05) is 13.7 Å². The average molecular weight is 194 g/mol. The van der Waals surface area contributed by atoms with Crippen LogP contribution < -0.4 is 0 Å². The van der Waals surface area contributed by atoms with Gasteiger partial charge in [-0.3, -0.25) is 4.79 Å². The number of ether oxygens (including phenoxy) is 1. The average Bonchev–Trinajstić information content (AvgIpc) is 2.28. The third kappa shape index (κ3) is 1.77. The number of aliphatic hydroxyl groups is 1. The second-order valence-electron chi connectivity index (χ2n) is 3.35. The van der Waals surface area contributed by atoms with Crippen molar-refractivity contribution in [3.05, 3.63) is 35.9 Å². The van der Waals surface area contributed by atoms with Gasteiger partial charge in [0, 0.05) is 0 Å². The van der Waals surface area contributed by atoms with E-state index in [0.29, 0.717) is 0 Å². The number of rotatable bonds is 3. The van der Waals surface area contributed by atoms with Gasteiger partial charge in [-0.05, 0) is 12.5 Å². The van der Waals surface area contributed by atoms with Crippen LogP contribution in [0.3, 0.4) is 0 Å². The minimum atomic E-state index is -0.962. The molecule has 0 aromatic heterocycles. The van der Waals surface area contributed by atoms with E-state index in [1.54, 1.807) is 19.1 Å². The highest BCUT2D eigenvalue weighted by molar-refractivity contribution is 5.82. The Hall–Kier alpha value is -1.35. The summed E-state index contributed by atoms with van der Waals surface area (Å²) in [4.78, 5) is 11.5. The second-order valence-corrected chi connectivity index (χ2v) is 3.35. The first-order valence-corrected chi connectivity index (χ1v) is 4.40. The monoisotopic (exact) mass is 194 g/mol. The fourth-order valence-electron chi connectivity index (χ4n) is 1.30. The van der Waals surface area contributed by atoms with Crippen molar-refractivity contribution in [1.82, 2.24) is 0 Å². The maximum absolute atomic E-state index is 11.5. The van der Waals surface area contributed by atoms with Gasteiger partial charge in [0.25, 0.3) is 0 Å². The number of aliphatic hydroxyl groups excluding tert-OH is 1. The molecule has 1 unspecified atom stereocenters. The van der Waals surface area contributed by atoms with Crippen molar-refractivity contribution >= 4 is 5.97 Å². The molecule has 0 heterocycles. The Balaban J connectivity index is 3.08. The lowest BCUT2D eigenvalue weighted by molar-refractivity contribution is -0.148. The number of hydrogen-bond acceptors (Lipinski definition) is 3. The predicted molar refractivity (Wildman–Crippen MR) is 52.9 cm³/mol.